The minimum absolute atomic E-state index is 0. The Hall–Kier alpha value is 0.870. The van der Waals surface area contributed by atoms with Crippen molar-refractivity contribution in [3.8, 4) is 0 Å². The van der Waals surface area contributed by atoms with Gasteiger partial charge < -0.3 is 23.6 Å². The fourth-order valence-electron chi connectivity index (χ4n) is 0. The van der Waals surface area contributed by atoms with Gasteiger partial charge in [0.25, 0.3) is 0 Å². The number of rotatable bonds is 0. The minimum atomic E-state index is -3.63. The molecule has 0 atom stereocenters. The van der Waals surface area contributed by atoms with Crippen molar-refractivity contribution in [2.75, 3.05) is 0 Å². The molecule has 0 aromatic rings. The van der Waals surface area contributed by atoms with Crippen LogP contribution in [0.25, 0.3) is 0 Å². The van der Waals surface area contributed by atoms with Crippen LogP contribution in [0.4, 0.5) is 0 Å². The Kier molecular flexibility index (Phi) is 21.3. The van der Waals surface area contributed by atoms with Gasteiger partial charge in [0.2, 0.25) is 0 Å². The average Bonchev–Trinajstić information content (AvgIpc) is 1.25. The van der Waals surface area contributed by atoms with Gasteiger partial charge in [-0.1, -0.05) is 0 Å². The van der Waals surface area contributed by atoms with E-state index in [9.17, 15) is 0 Å². The third kappa shape index (κ3) is 553. The molecule has 0 heterocycles. The summed E-state index contributed by atoms with van der Waals surface area (Å²) in [5.74, 6) is 0. The molecule has 0 saturated carbocycles. The van der Waals surface area contributed by atoms with Crippen LogP contribution in [-0.4, -0.2) is 27.9 Å². The fourth-order valence-corrected chi connectivity index (χ4v) is 0. The first-order valence-electron chi connectivity index (χ1n) is 1.26. The molecule has 0 saturated heterocycles. The summed E-state index contributed by atoms with van der Waals surface area (Å²) in [6.07, 6.45) is 0. The summed E-state index contributed by atoms with van der Waals surface area (Å²) < 4.78 is 17.3. The van der Waals surface area contributed by atoms with Gasteiger partial charge in [0, 0.05) is 9.17 Å². The van der Waals surface area contributed by atoms with E-state index in [1.165, 1.54) is 0 Å². The summed E-state index contributed by atoms with van der Waals surface area (Å²) in [5, 5.41) is 0. The van der Waals surface area contributed by atoms with Gasteiger partial charge in [0.05, 0.1) is 0 Å². The first-order chi connectivity index (χ1) is 3.46. The van der Waals surface area contributed by atoms with E-state index in [-0.39, 0.29) is 52.8 Å². The van der Waals surface area contributed by atoms with Gasteiger partial charge in [-0.05, 0) is 0 Å². The van der Waals surface area contributed by atoms with E-state index in [4.69, 9.17) is 28.1 Å². The topological polar surface area (TPSA) is 121 Å². The van der Waals surface area contributed by atoms with Crippen molar-refractivity contribution < 1.29 is 80.9 Å². The molecule has 0 radical (unpaired) electrons. The summed E-state index contributed by atoms with van der Waals surface area (Å²) in [6, 6.07) is 0. The maximum Gasteiger partial charge on any atom is 1.00 e. The first-order valence-corrected chi connectivity index (χ1v) is 3.79. The largest absolute Gasteiger partial charge is 1.00 e. The zero-order valence-corrected chi connectivity index (χ0v) is 9.65. The Morgan fingerprint density at radius 2 is 1.22 bits per heavy atom. The Bertz CT molecular complexity index is 73.7. The van der Waals surface area contributed by atoms with Gasteiger partial charge in [-0.3, -0.25) is 4.46 Å². The SMILES string of the molecule is O=[Si](O)O.O=[Si]([O-])[O-].[H+].[K+]. The zero-order valence-electron chi connectivity index (χ0n) is 5.53. The third-order valence-electron chi connectivity index (χ3n) is 0. The summed E-state index contributed by atoms with van der Waals surface area (Å²) in [7, 11) is -6.76. The Morgan fingerprint density at radius 3 is 1.22 bits per heavy atom. The van der Waals surface area contributed by atoms with E-state index in [2.05, 4.69) is 0 Å². The summed E-state index contributed by atoms with van der Waals surface area (Å²) >= 11 is 0. The molecule has 0 aromatic heterocycles. The molecular formula is H3KO6Si2. The van der Waals surface area contributed by atoms with Gasteiger partial charge >= 0.3 is 62.0 Å². The van der Waals surface area contributed by atoms with Crippen molar-refractivity contribution in [2.45, 2.75) is 0 Å². The molecule has 0 aromatic carbocycles. The molecule has 9 heteroatoms. The molecule has 0 rings (SSSR count). The molecule has 0 spiro atoms. The van der Waals surface area contributed by atoms with Gasteiger partial charge in [-0.25, -0.2) is 0 Å². The molecular weight excluding hydrogens is 191 g/mol. The van der Waals surface area contributed by atoms with Crippen molar-refractivity contribution in [2.24, 2.45) is 0 Å². The molecule has 0 fully saturated rings. The van der Waals surface area contributed by atoms with E-state index in [0.717, 1.165) is 0 Å². The second-order valence-electron chi connectivity index (χ2n) is 0.533. The first kappa shape index (κ1) is 16.5. The van der Waals surface area contributed by atoms with Crippen molar-refractivity contribution in [3.05, 3.63) is 0 Å². The van der Waals surface area contributed by atoms with Crippen molar-refractivity contribution in [1.29, 1.82) is 0 Å². The molecule has 0 aliphatic heterocycles. The molecule has 0 amide bonds. The quantitative estimate of drug-likeness (QED) is 0.369. The van der Waals surface area contributed by atoms with Gasteiger partial charge in [0.1, 0.15) is 0 Å². The van der Waals surface area contributed by atoms with Crippen LogP contribution in [-0.2, 0) is 8.92 Å². The van der Waals surface area contributed by atoms with E-state index >= 15 is 0 Å². The molecule has 48 valence electrons. The minimum Gasteiger partial charge on any atom is -0.672 e. The van der Waals surface area contributed by atoms with Crippen LogP contribution in [0.15, 0.2) is 0 Å². The van der Waals surface area contributed by atoms with Crippen LogP contribution in [0, 0.1) is 0 Å². The standard InChI is InChI=1S/K.H2O3Si.O3Si/c;2*1-4(2)3/h;1-2H;/q+1;;-2/p+1. The monoisotopic (exact) mass is 194 g/mol. The summed E-state index contributed by atoms with van der Waals surface area (Å²) in [4.78, 5) is 31.4. The van der Waals surface area contributed by atoms with Crippen molar-refractivity contribution in [3.63, 3.8) is 0 Å². The van der Waals surface area contributed by atoms with Crippen LogP contribution in [0.5, 0.6) is 0 Å². The van der Waals surface area contributed by atoms with E-state index in [1.807, 2.05) is 0 Å². The van der Waals surface area contributed by atoms with Gasteiger partial charge in [0.15, 0.2) is 0 Å². The third-order valence-corrected chi connectivity index (χ3v) is 0. The molecule has 0 aliphatic carbocycles. The van der Waals surface area contributed by atoms with E-state index in [1.54, 1.807) is 0 Å². The maximum atomic E-state index is 8.74. The molecule has 0 aliphatic rings. The van der Waals surface area contributed by atoms with Crippen LogP contribution in [0.3, 0.4) is 0 Å². The van der Waals surface area contributed by atoms with Gasteiger partial charge in [-0.2, -0.15) is 0 Å². The van der Waals surface area contributed by atoms with Crippen LogP contribution < -0.4 is 61.0 Å². The smallest absolute Gasteiger partial charge is 0.672 e. The van der Waals surface area contributed by atoms with Crippen LogP contribution >= 0.6 is 0 Å². The van der Waals surface area contributed by atoms with Crippen molar-refractivity contribution >= 4 is 18.3 Å². The Balaban J connectivity index is -0.0000000300. The normalized spacial score (nSPS) is 5.33. The molecule has 0 bridgehead atoms. The van der Waals surface area contributed by atoms with Crippen LogP contribution in [0.1, 0.15) is 1.43 Å². The molecule has 6 nitrogen and oxygen atoms in total. The molecule has 9 heavy (non-hydrogen) atoms. The summed E-state index contributed by atoms with van der Waals surface area (Å²) in [6.45, 7) is 0. The van der Waals surface area contributed by atoms with Gasteiger partial charge in [-0.15, -0.1) is 0 Å². The zero-order chi connectivity index (χ0) is 7.15. The Labute approximate surface area is 97.9 Å². The van der Waals surface area contributed by atoms with E-state index < -0.39 is 18.3 Å². The predicted octanol–water partition coefficient (Wildman–Crippen LogP) is -7.37. The maximum absolute atomic E-state index is 8.74. The fraction of sp³-hybridized carbons (Fsp3) is 0. The predicted molar refractivity (Wildman–Crippen MR) is 18.4 cm³/mol. The average molecular weight is 194 g/mol. The Morgan fingerprint density at radius 1 is 1.22 bits per heavy atom. The second-order valence-corrected chi connectivity index (χ2v) is 1.60. The molecule has 2 N–H and O–H groups in total. The number of hydrogen-bond donors (Lipinski definition) is 2. The number of hydrogen-bond acceptors (Lipinski definition) is 4. The van der Waals surface area contributed by atoms with E-state index in [0.29, 0.717) is 0 Å². The van der Waals surface area contributed by atoms with Crippen LogP contribution in [0.2, 0.25) is 0 Å². The second kappa shape index (κ2) is 11.6. The summed E-state index contributed by atoms with van der Waals surface area (Å²) in [5.41, 5.74) is 0. The molecule has 0 unspecified atom stereocenters. The van der Waals surface area contributed by atoms with Crippen molar-refractivity contribution in [1.82, 2.24) is 0 Å².